The monoisotopic (exact) mass is 246 g/mol. The highest BCUT2D eigenvalue weighted by molar-refractivity contribution is 5.39. The van der Waals surface area contributed by atoms with E-state index >= 15 is 0 Å². The van der Waals surface area contributed by atoms with Crippen LogP contribution in [0, 0.1) is 18.3 Å². The number of aryl methyl sites for hydroxylation is 1. The van der Waals surface area contributed by atoms with Crippen molar-refractivity contribution < 1.29 is 4.74 Å². The molecular weight excluding hydrogens is 224 g/mol. The van der Waals surface area contributed by atoms with E-state index in [-0.39, 0.29) is 6.04 Å². The molecule has 0 spiro atoms. The van der Waals surface area contributed by atoms with Gasteiger partial charge in [0.25, 0.3) is 0 Å². The van der Waals surface area contributed by atoms with Gasteiger partial charge in [0.05, 0.1) is 18.7 Å². The molecule has 18 heavy (non-hydrogen) atoms. The molecule has 3 heteroatoms. The second-order valence-electron chi connectivity index (χ2n) is 4.80. The van der Waals surface area contributed by atoms with E-state index in [9.17, 15) is 0 Å². The number of hydrogen-bond acceptors (Lipinski definition) is 3. The maximum atomic E-state index is 8.84. The highest BCUT2D eigenvalue weighted by Gasteiger charge is 2.09. The summed E-state index contributed by atoms with van der Waals surface area (Å²) in [7, 11) is 1.79. The number of benzene rings is 1. The van der Waals surface area contributed by atoms with Crippen molar-refractivity contribution in [3.8, 4) is 11.8 Å². The van der Waals surface area contributed by atoms with Gasteiger partial charge in [-0.15, -0.1) is 0 Å². The van der Waals surface area contributed by atoms with Crippen LogP contribution in [0.15, 0.2) is 18.2 Å². The minimum Gasteiger partial charge on any atom is -0.493 e. The summed E-state index contributed by atoms with van der Waals surface area (Å²) in [4.78, 5) is 0. The number of hydrogen-bond donors (Lipinski definition) is 1. The molecule has 0 aliphatic heterocycles. The number of rotatable bonds is 6. The van der Waals surface area contributed by atoms with Crippen LogP contribution >= 0.6 is 0 Å². The van der Waals surface area contributed by atoms with E-state index in [0.29, 0.717) is 18.9 Å². The standard InChI is InChI=1S/C15H22N2O/c1-11(2)14-6-5-12(3)9-15(14)18-8-7-13(10-16)17-4/h5-6,9,11,13,17H,7-8H2,1-4H3. The molecule has 1 aromatic rings. The molecule has 0 saturated heterocycles. The Kier molecular flexibility index (Phi) is 5.67. The second-order valence-corrected chi connectivity index (χ2v) is 4.80. The Morgan fingerprint density at radius 2 is 2.11 bits per heavy atom. The molecule has 0 aliphatic rings. The topological polar surface area (TPSA) is 45.0 Å². The number of nitrogens with zero attached hydrogens (tertiary/aromatic N) is 1. The van der Waals surface area contributed by atoms with Crippen LogP contribution in [0.2, 0.25) is 0 Å². The van der Waals surface area contributed by atoms with Gasteiger partial charge in [-0.05, 0) is 37.1 Å². The largest absolute Gasteiger partial charge is 0.493 e. The molecule has 1 rings (SSSR count). The summed E-state index contributed by atoms with van der Waals surface area (Å²) in [6.45, 7) is 6.93. The maximum absolute atomic E-state index is 8.84. The summed E-state index contributed by atoms with van der Waals surface area (Å²) in [5.74, 6) is 1.38. The fraction of sp³-hybridized carbons (Fsp3) is 0.533. The molecule has 0 heterocycles. The maximum Gasteiger partial charge on any atom is 0.123 e. The van der Waals surface area contributed by atoms with Gasteiger partial charge < -0.3 is 10.1 Å². The van der Waals surface area contributed by atoms with Gasteiger partial charge in [0, 0.05) is 6.42 Å². The molecule has 0 radical (unpaired) electrons. The van der Waals surface area contributed by atoms with Gasteiger partial charge >= 0.3 is 0 Å². The fourth-order valence-electron chi connectivity index (χ4n) is 1.80. The molecular formula is C15H22N2O. The highest BCUT2D eigenvalue weighted by Crippen LogP contribution is 2.27. The minimum atomic E-state index is -0.141. The van der Waals surface area contributed by atoms with Crippen molar-refractivity contribution in [3.05, 3.63) is 29.3 Å². The third-order valence-corrected chi connectivity index (χ3v) is 2.96. The quantitative estimate of drug-likeness (QED) is 0.839. The smallest absolute Gasteiger partial charge is 0.123 e. The predicted molar refractivity (Wildman–Crippen MR) is 73.8 cm³/mol. The van der Waals surface area contributed by atoms with Gasteiger partial charge in [-0.1, -0.05) is 26.0 Å². The first-order valence-electron chi connectivity index (χ1n) is 6.38. The van der Waals surface area contributed by atoms with Gasteiger partial charge in [-0.2, -0.15) is 5.26 Å². The van der Waals surface area contributed by atoms with E-state index in [1.807, 2.05) is 0 Å². The van der Waals surface area contributed by atoms with Crippen LogP contribution in [0.3, 0.4) is 0 Å². The predicted octanol–water partition coefficient (Wildman–Crippen LogP) is 3.00. The Labute approximate surface area is 110 Å². The molecule has 0 aliphatic carbocycles. The first-order valence-corrected chi connectivity index (χ1v) is 6.38. The van der Waals surface area contributed by atoms with E-state index in [0.717, 1.165) is 5.75 Å². The molecule has 0 aromatic heterocycles. The molecule has 1 aromatic carbocycles. The molecule has 3 nitrogen and oxygen atoms in total. The van der Waals surface area contributed by atoms with Gasteiger partial charge in [-0.25, -0.2) is 0 Å². The second kappa shape index (κ2) is 7.03. The number of nitriles is 1. The molecule has 0 fully saturated rings. The fourth-order valence-corrected chi connectivity index (χ4v) is 1.80. The van der Waals surface area contributed by atoms with Crippen LogP contribution in [-0.2, 0) is 0 Å². The van der Waals surface area contributed by atoms with E-state index < -0.39 is 0 Å². The van der Waals surface area contributed by atoms with Crippen molar-refractivity contribution in [2.24, 2.45) is 0 Å². The lowest BCUT2D eigenvalue weighted by Gasteiger charge is -2.15. The summed E-state index contributed by atoms with van der Waals surface area (Å²) in [5.41, 5.74) is 2.42. The van der Waals surface area contributed by atoms with E-state index in [1.54, 1.807) is 7.05 Å². The lowest BCUT2D eigenvalue weighted by molar-refractivity contribution is 0.296. The molecule has 0 saturated carbocycles. The van der Waals surface area contributed by atoms with Crippen LogP contribution in [0.4, 0.5) is 0 Å². The van der Waals surface area contributed by atoms with E-state index in [2.05, 4.69) is 50.4 Å². The molecule has 98 valence electrons. The van der Waals surface area contributed by atoms with Gasteiger partial charge in [0.15, 0.2) is 0 Å². The number of nitrogens with one attached hydrogen (secondary N) is 1. The van der Waals surface area contributed by atoms with Crippen LogP contribution in [0.5, 0.6) is 5.75 Å². The molecule has 1 atom stereocenters. The molecule has 0 amide bonds. The van der Waals surface area contributed by atoms with Crippen LogP contribution in [0.1, 0.15) is 37.3 Å². The van der Waals surface area contributed by atoms with Crippen molar-refractivity contribution in [1.29, 1.82) is 5.26 Å². The van der Waals surface area contributed by atoms with Crippen molar-refractivity contribution in [1.82, 2.24) is 5.32 Å². The average Bonchev–Trinajstić information content (AvgIpc) is 2.34. The third-order valence-electron chi connectivity index (χ3n) is 2.96. The zero-order valence-electron chi connectivity index (χ0n) is 11.7. The Balaban J connectivity index is 2.66. The normalized spacial score (nSPS) is 12.2. The SMILES string of the molecule is CNC(C#N)CCOc1cc(C)ccc1C(C)C. The molecule has 0 bridgehead atoms. The third kappa shape index (κ3) is 4.05. The zero-order valence-corrected chi connectivity index (χ0v) is 11.7. The molecule has 1 N–H and O–H groups in total. The summed E-state index contributed by atoms with van der Waals surface area (Å²) >= 11 is 0. The number of ether oxygens (including phenoxy) is 1. The van der Waals surface area contributed by atoms with Crippen molar-refractivity contribution in [3.63, 3.8) is 0 Å². The Morgan fingerprint density at radius 1 is 1.39 bits per heavy atom. The zero-order chi connectivity index (χ0) is 13.5. The van der Waals surface area contributed by atoms with Crippen molar-refractivity contribution in [2.45, 2.75) is 39.2 Å². The van der Waals surface area contributed by atoms with Crippen LogP contribution in [-0.4, -0.2) is 19.7 Å². The van der Waals surface area contributed by atoms with Gasteiger partial charge in [-0.3, -0.25) is 0 Å². The minimum absolute atomic E-state index is 0.141. The Bertz CT molecular complexity index is 421. The first kappa shape index (κ1) is 14.5. The van der Waals surface area contributed by atoms with Crippen molar-refractivity contribution >= 4 is 0 Å². The summed E-state index contributed by atoms with van der Waals surface area (Å²) in [6, 6.07) is 8.35. The lowest BCUT2D eigenvalue weighted by Crippen LogP contribution is -2.25. The summed E-state index contributed by atoms with van der Waals surface area (Å²) < 4.78 is 5.82. The summed E-state index contributed by atoms with van der Waals surface area (Å²) in [5, 5.41) is 11.8. The van der Waals surface area contributed by atoms with Gasteiger partial charge in [0.2, 0.25) is 0 Å². The molecule has 1 unspecified atom stereocenters. The average molecular weight is 246 g/mol. The Hall–Kier alpha value is -1.53. The lowest BCUT2D eigenvalue weighted by atomic mass is 10.0. The summed E-state index contributed by atoms with van der Waals surface area (Å²) in [6.07, 6.45) is 0.693. The first-order chi connectivity index (χ1) is 8.58. The Morgan fingerprint density at radius 3 is 2.67 bits per heavy atom. The van der Waals surface area contributed by atoms with E-state index in [1.165, 1.54) is 11.1 Å². The van der Waals surface area contributed by atoms with Crippen LogP contribution < -0.4 is 10.1 Å². The van der Waals surface area contributed by atoms with E-state index in [4.69, 9.17) is 10.00 Å². The van der Waals surface area contributed by atoms with Crippen LogP contribution in [0.25, 0.3) is 0 Å². The highest BCUT2D eigenvalue weighted by atomic mass is 16.5. The van der Waals surface area contributed by atoms with Crippen molar-refractivity contribution in [2.75, 3.05) is 13.7 Å². The van der Waals surface area contributed by atoms with Gasteiger partial charge in [0.1, 0.15) is 5.75 Å².